The van der Waals surface area contributed by atoms with Gasteiger partial charge in [-0.05, 0) is 67.8 Å². The lowest BCUT2D eigenvalue weighted by molar-refractivity contribution is -0.137. The van der Waals surface area contributed by atoms with Crippen LogP contribution in [0.25, 0.3) is 16.7 Å². The Morgan fingerprint density at radius 2 is 1.86 bits per heavy atom. The second-order valence-corrected chi connectivity index (χ2v) is 10.5. The van der Waals surface area contributed by atoms with Crippen molar-refractivity contribution in [3.05, 3.63) is 101 Å². The molecule has 0 bridgehead atoms. The number of piperidine rings is 1. The van der Waals surface area contributed by atoms with E-state index in [9.17, 15) is 22.8 Å². The Balaban J connectivity index is 1.18. The monoisotopic (exact) mass is 597 g/mol. The third-order valence-corrected chi connectivity index (χ3v) is 7.61. The van der Waals surface area contributed by atoms with Crippen LogP contribution in [-0.4, -0.2) is 54.6 Å². The van der Waals surface area contributed by atoms with Crippen molar-refractivity contribution >= 4 is 29.2 Å². The zero-order valence-corrected chi connectivity index (χ0v) is 23.5. The van der Waals surface area contributed by atoms with Gasteiger partial charge in [0.25, 0.3) is 5.91 Å². The number of pyridine rings is 1. The Hall–Kier alpha value is -5.44. The first-order chi connectivity index (χ1) is 21.2. The fourth-order valence-electron chi connectivity index (χ4n) is 5.11. The zero-order chi connectivity index (χ0) is 30.8. The van der Waals surface area contributed by atoms with Crippen LogP contribution in [0, 0.1) is 18.8 Å². The number of aromatic nitrogens is 5. The van der Waals surface area contributed by atoms with Gasteiger partial charge in [-0.2, -0.15) is 18.3 Å². The number of carbonyl (C=O) groups is 2. The second kappa shape index (κ2) is 11.7. The van der Waals surface area contributed by atoms with Gasteiger partial charge in [-0.1, -0.05) is 17.9 Å². The SMILES string of the molecule is Cc1ccc(C(=O)Nc2cc(C(F)(F)F)ccn2)cc1C#Cc1ccc2c(c1)ncn2-c1cnn(C2CCN(C=O)CC2)c1. The van der Waals surface area contributed by atoms with Gasteiger partial charge in [0, 0.05) is 42.2 Å². The van der Waals surface area contributed by atoms with Crippen LogP contribution in [0.5, 0.6) is 0 Å². The molecule has 44 heavy (non-hydrogen) atoms. The van der Waals surface area contributed by atoms with Crippen molar-refractivity contribution in [1.29, 1.82) is 0 Å². The number of anilines is 1. The maximum absolute atomic E-state index is 13.0. The molecule has 9 nitrogen and oxygen atoms in total. The maximum atomic E-state index is 13.0. The largest absolute Gasteiger partial charge is 0.416 e. The number of imidazole rings is 1. The van der Waals surface area contributed by atoms with Crippen LogP contribution in [0.1, 0.15) is 51.5 Å². The van der Waals surface area contributed by atoms with Crippen molar-refractivity contribution in [3.8, 4) is 17.5 Å². The summed E-state index contributed by atoms with van der Waals surface area (Å²) in [5, 5.41) is 6.98. The molecule has 1 fully saturated rings. The van der Waals surface area contributed by atoms with E-state index in [1.165, 1.54) is 0 Å². The summed E-state index contributed by atoms with van der Waals surface area (Å²) in [6.45, 7) is 3.29. The van der Waals surface area contributed by atoms with Gasteiger partial charge in [-0.3, -0.25) is 18.8 Å². The average Bonchev–Trinajstić information content (AvgIpc) is 3.68. The minimum Gasteiger partial charge on any atom is -0.345 e. The molecule has 0 aliphatic carbocycles. The van der Waals surface area contributed by atoms with Gasteiger partial charge < -0.3 is 10.2 Å². The van der Waals surface area contributed by atoms with Crippen LogP contribution < -0.4 is 5.32 Å². The van der Waals surface area contributed by atoms with Crippen molar-refractivity contribution in [1.82, 2.24) is 29.2 Å². The number of nitrogens with zero attached hydrogens (tertiary/aromatic N) is 6. The van der Waals surface area contributed by atoms with E-state index in [2.05, 4.69) is 32.2 Å². The van der Waals surface area contributed by atoms with E-state index in [-0.39, 0.29) is 17.4 Å². The molecule has 1 N–H and O–H groups in total. The van der Waals surface area contributed by atoms with Crippen LogP contribution in [0.2, 0.25) is 0 Å². The van der Waals surface area contributed by atoms with Crippen LogP contribution in [0.4, 0.5) is 19.0 Å². The summed E-state index contributed by atoms with van der Waals surface area (Å²) < 4.78 is 43.0. The van der Waals surface area contributed by atoms with Gasteiger partial charge in [0.05, 0.1) is 34.5 Å². The predicted molar refractivity (Wildman–Crippen MR) is 157 cm³/mol. The van der Waals surface area contributed by atoms with Crippen molar-refractivity contribution in [2.45, 2.75) is 32.0 Å². The van der Waals surface area contributed by atoms with Crippen LogP contribution >= 0.6 is 0 Å². The van der Waals surface area contributed by atoms with Crippen molar-refractivity contribution in [2.24, 2.45) is 0 Å². The van der Waals surface area contributed by atoms with Gasteiger partial charge >= 0.3 is 6.18 Å². The summed E-state index contributed by atoms with van der Waals surface area (Å²) in [4.78, 5) is 33.9. The lowest BCUT2D eigenvalue weighted by Gasteiger charge is -2.29. The van der Waals surface area contributed by atoms with E-state index in [1.54, 1.807) is 35.6 Å². The highest BCUT2D eigenvalue weighted by Crippen LogP contribution is 2.30. The molecule has 2 aromatic carbocycles. The fourth-order valence-corrected chi connectivity index (χ4v) is 5.11. The molecule has 1 aliphatic rings. The van der Waals surface area contributed by atoms with Gasteiger partial charge in [0.15, 0.2) is 0 Å². The molecule has 0 radical (unpaired) electrons. The van der Waals surface area contributed by atoms with Crippen LogP contribution in [0.15, 0.2) is 73.4 Å². The van der Waals surface area contributed by atoms with Crippen molar-refractivity contribution in [2.75, 3.05) is 18.4 Å². The third kappa shape index (κ3) is 6.03. The van der Waals surface area contributed by atoms with Crippen molar-refractivity contribution < 1.29 is 22.8 Å². The number of hydrogen-bond donors (Lipinski definition) is 1. The predicted octanol–water partition coefficient (Wildman–Crippen LogP) is 5.39. The molecule has 0 unspecified atom stereocenters. The molecule has 12 heteroatoms. The first-order valence-corrected chi connectivity index (χ1v) is 13.9. The highest BCUT2D eigenvalue weighted by Gasteiger charge is 2.31. The van der Waals surface area contributed by atoms with E-state index >= 15 is 0 Å². The number of rotatable bonds is 5. The summed E-state index contributed by atoms with van der Waals surface area (Å²) in [7, 11) is 0. The van der Waals surface area contributed by atoms with Gasteiger partial charge in [0.2, 0.25) is 6.41 Å². The van der Waals surface area contributed by atoms with E-state index in [0.717, 1.165) is 78.5 Å². The lowest BCUT2D eigenvalue weighted by Crippen LogP contribution is -2.33. The molecule has 0 atom stereocenters. The summed E-state index contributed by atoms with van der Waals surface area (Å²) in [5.74, 6) is 5.43. The average molecular weight is 598 g/mol. The number of halogens is 3. The highest BCUT2D eigenvalue weighted by molar-refractivity contribution is 6.04. The summed E-state index contributed by atoms with van der Waals surface area (Å²) in [6.07, 6.45) is 4.59. The smallest absolute Gasteiger partial charge is 0.345 e. The minimum absolute atomic E-state index is 0.196. The number of likely N-dealkylation sites (tertiary alicyclic amines) is 1. The quantitative estimate of drug-likeness (QED) is 0.217. The van der Waals surface area contributed by atoms with E-state index in [1.807, 2.05) is 40.6 Å². The fraction of sp³-hybridized carbons (Fsp3) is 0.219. The van der Waals surface area contributed by atoms with Crippen LogP contribution in [0.3, 0.4) is 0 Å². The van der Waals surface area contributed by atoms with E-state index < -0.39 is 17.6 Å². The topological polar surface area (TPSA) is 97.9 Å². The lowest BCUT2D eigenvalue weighted by atomic mass is 10.0. The molecule has 3 aromatic heterocycles. The summed E-state index contributed by atoms with van der Waals surface area (Å²) in [5.41, 5.74) is 4.03. The maximum Gasteiger partial charge on any atom is 0.416 e. The number of alkyl halides is 3. The molecular formula is C32H26F3N7O2. The first-order valence-electron chi connectivity index (χ1n) is 13.9. The van der Waals surface area contributed by atoms with E-state index in [0.29, 0.717) is 5.56 Å². The van der Waals surface area contributed by atoms with Gasteiger partial charge in [-0.15, -0.1) is 0 Å². The second-order valence-electron chi connectivity index (χ2n) is 10.5. The molecule has 6 rings (SSSR count). The molecule has 1 aliphatic heterocycles. The first kappa shape index (κ1) is 28.7. The molecule has 5 aromatic rings. The Kier molecular flexibility index (Phi) is 7.61. The molecule has 1 saturated heterocycles. The Bertz CT molecular complexity index is 1930. The Morgan fingerprint density at radius 1 is 1.05 bits per heavy atom. The van der Waals surface area contributed by atoms with Crippen LogP contribution in [-0.2, 0) is 11.0 Å². The number of carbonyl (C=O) groups excluding carboxylic acids is 2. The minimum atomic E-state index is -4.55. The molecule has 0 spiro atoms. The Labute approximate surface area is 250 Å². The number of hydrogen-bond acceptors (Lipinski definition) is 5. The summed E-state index contributed by atoms with van der Waals surface area (Å²) >= 11 is 0. The Morgan fingerprint density at radius 3 is 2.64 bits per heavy atom. The number of benzene rings is 2. The molecular weight excluding hydrogens is 571 g/mol. The highest BCUT2D eigenvalue weighted by atomic mass is 19.4. The number of nitrogens with one attached hydrogen (secondary N) is 1. The van der Waals surface area contributed by atoms with Gasteiger partial charge in [0.1, 0.15) is 12.1 Å². The molecule has 222 valence electrons. The molecule has 4 heterocycles. The standard InChI is InChI=1S/C32H26F3N7O2/c1-21-2-5-24(31(44)39-30-16-25(8-11-36-30)32(33,34)35)15-23(21)6-3-22-4-7-29-28(14-22)37-19-41(29)27-17-38-42(18-27)26-9-12-40(20-43)13-10-26/h2,4-5,7-8,11,14-20,26H,9-10,12-13H2,1H3,(H,36,39,44). The number of aryl methyl sites for hydroxylation is 1. The molecule has 2 amide bonds. The van der Waals surface area contributed by atoms with E-state index in [4.69, 9.17) is 0 Å². The molecule has 0 saturated carbocycles. The van der Waals surface area contributed by atoms with Gasteiger partial charge in [-0.25, -0.2) is 9.97 Å². The van der Waals surface area contributed by atoms with Crippen molar-refractivity contribution in [3.63, 3.8) is 0 Å². The third-order valence-electron chi connectivity index (χ3n) is 7.61. The number of amides is 2. The zero-order valence-electron chi connectivity index (χ0n) is 23.5. The normalized spacial score (nSPS) is 13.9. The number of fused-ring (bicyclic) bond motifs is 1. The summed E-state index contributed by atoms with van der Waals surface area (Å²) in [6, 6.07) is 12.5.